The van der Waals surface area contributed by atoms with Crippen molar-refractivity contribution in [3.8, 4) is 0 Å². The number of nitrogens with one attached hydrogen (secondary N) is 2. The number of ether oxygens (including phenoxy) is 1. The van der Waals surface area contributed by atoms with Gasteiger partial charge in [0, 0.05) is 12.1 Å². The molecule has 0 saturated carbocycles. The van der Waals surface area contributed by atoms with Gasteiger partial charge >= 0.3 is 6.09 Å². The maximum absolute atomic E-state index is 14.6. The molecule has 8 nitrogen and oxygen atoms in total. The molecule has 1 aliphatic heterocycles. The number of aliphatic imine (C=N–C) groups is 1. The molecule has 10 heteroatoms. The van der Waals surface area contributed by atoms with Gasteiger partial charge in [-0.1, -0.05) is 17.7 Å². The monoisotopic (exact) mass is 475 g/mol. The molecule has 1 aliphatic rings. The van der Waals surface area contributed by atoms with Gasteiger partial charge in [-0.15, -0.1) is 0 Å². The molecule has 0 bridgehead atoms. The Morgan fingerprint density at radius 1 is 1.24 bits per heavy atom. The number of halogens is 2. The fourth-order valence-corrected chi connectivity index (χ4v) is 3.46. The van der Waals surface area contributed by atoms with E-state index in [9.17, 15) is 14.0 Å². The van der Waals surface area contributed by atoms with E-state index < -0.39 is 23.1 Å². The van der Waals surface area contributed by atoms with E-state index in [1.807, 2.05) is 0 Å². The maximum atomic E-state index is 14.6. The molecule has 4 N–H and O–H groups in total. The predicted molar refractivity (Wildman–Crippen MR) is 127 cm³/mol. The Balaban J connectivity index is 1.95. The molecule has 2 aromatic carbocycles. The van der Waals surface area contributed by atoms with Gasteiger partial charge in [0.05, 0.1) is 29.0 Å². The van der Waals surface area contributed by atoms with Crippen LogP contribution < -0.4 is 16.4 Å². The van der Waals surface area contributed by atoms with Gasteiger partial charge in [-0.25, -0.2) is 14.2 Å². The molecule has 0 radical (unpaired) electrons. The molecule has 0 aromatic heterocycles. The van der Waals surface area contributed by atoms with Gasteiger partial charge in [-0.3, -0.25) is 15.0 Å². The lowest BCUT2D eigenvalue weighted by atomic mass is 9.87. The molecule has 2 amide bonds. The summed E-state index contributed by atoms with van der Waals surface area (Å²) in [7, 11) is 1.51. The van der Waals surface area contributed by atoms with E-state index in [0.717, 1.165) is 0 Å². The zero-order valence-electron chi connectivity index (χ0n) is 19.1. The van der Waals surface area contributed by atoms with Crippen molar-refractivity contribution in [3.05, 3.63) is 52.8 Å². The zero-order chi connectivity index (χ0) is 24.6. The van der Waals surface area contributed by atoms with E-state index in [4.69, 9.17) is 22.1 Å². The van der Waals surface area contributed by atoms with Crippen LogP contribution in [0.4, 0.5) is 26.2 Å². The van der Waals surface area contributed by atoms with Crippen molar-refractivity contribution in [2.75, 3.05) is 18.1 Å². The molecule has 33 heavy (non-hydrogen) atoms. The number of hydrogen-bond donors (Lipinski definition) is 3. The molecule has 0 spiro atoms. The maximum Gasteiger partial charge on any atom is 0.414 e. The molecule has 0 fully saturated rings. The Bertz CT molecular complexity index is 1130. The number of nitrogen functional groups attached to an aromatic ring is 1. The first-order chi connectivity index (χ1) is 15.3. The predicted octanol–water partition coefficient (Wildman–Crippen LogP) is 4.76. The first-order valence-corrected chi connectivity index (χ1v) is 10.6. The van der Waals surface area contributed by atoms with Gasteiger partial charge < -0.3 is 15.8 Å². The van der Waals surface area contributed by atoms with Crippen LogP contribution in [0.2, 0.25) is 5.02 Å². The van der Waals surface area contributed by atoms with E-state index in [1.54, 1.807) is 58.0 Å². The summed E-state index contributed by atoms with van der Waals surface area (Å²) in [5.41, 5.74) is 5.74. The number of amides is 2. The lowest BCUT2D eigenvalue weighted by Gasteiger charge is -2.35. The number of carbonyl (C=O) groups is 2. The van der Waals surface area contributed by atoms with Crippen LogP contribution in [0.25, 0.3) is 0 Å². The summed E-state index contributed by atoms with van der Waals surface area (Å²) in [6.07, 6.45) is -0.712. The minimum atomic E-state index is -1.06. The summed E-state index contributed by atoms with van der Waals surface area (Å²) in [4.78, 5) is 30.8. The van der Waals surface area contributed by atoms with Crippen LogP contribution in [0.1, 0.15) is 39.7 Å². The quantitative estimate of drug-likeness (QED) is 0.554. The van der Waals surface area contributed by atoms with Crippen molar-refractivity contribution in [1.82, 2.24) is 10.2 Å². The molecule has 0 aliphatic carbocycles. The van der Waals surface area contributed by atoms with E-state index in [-0.39, 0.29) is 24.0 Å². The number of nitrogens with two attached hydrogens (primary N) is 1. The number of alkyl carbamates (subject to hydrolysis) is 1. The fourth-order valence-electron chi connectivity index (χ4n) is 3.29. The van der Waals surface area contributed by atoms with Gasteiger partial charge in [0.1, 0.15) is 11.4 Å². The Labute approximate surface area is 196 Å². The highest BCUT2D eigenvalue weighted by Gasteiger charge is 2.38. The Morgan fingerprint density at radius 3 is 2.61 bits per heavy atom. The third-order valence-electron chi connectivity index (χ3n) is 5.03. The number of anilines is 3. The topological polar surface area (TPSA) is 109 Å². The normalized spacial score (nSPS) is 18.6. The number of guanidine groups is 1. The summed E-state index contributed by atoms with van der Waals surface area (Å²) in [6.45, 7) is 6.93. The Hall–Kier alpha value is -3.33. The molecule has 3 rings (SSSR count). The Kier molecular flexibility index (Phi) is 6.56. The zero-order valence-corrected chi connectivity index (χ0v) is 19.9. The minimum Gasteiger partial charge on any atom is -0.444 e. The van der Waals surface area contributed by atoms with Crippen LogP contribution in [-0.2, 0) is 15.1 Å². The summed E-state index contributed by atoms with van der Waals surface area (Å²) < 4.78 is 19.9. The average molecular weight is 476 g/mol. The van der Waals surface area contributed by atoms with Crippen LogP contribution in [-0.4, -0.2) is 35.5 Å². The molecule has 2 aromatic rings. The molecule has 1 heterocycles. The Morgan fingerprint density at radius 2 is 1.94 bits per heavy atom. The minimum absolute atomic E-state index is 0.0212. The van der Waals surface area contributed by atoms with E-state index in [2.05, 4.69) is 15.6 Å². The second-order valence-electron chi connectivity index (χ2n) is 9.02. The van der Waals surface area contributed by atoms with E-state index in [0.29, 0.717) is 22.0 Å². The number of nitrogens with zero attached hydrogens (tertiary/aromatic N) is 2. The van der Waals surface area contributed by atoms with Gasteiger partial charge in [-0.2, -0.15) is 0 Å². The molecule has 0 unspecified atom stereocenters. The van der Waals surface area contributed by atoms with Crippen LogP contribution >= 0.6 is 11.6 Å². The highest BCUT2D eigenvalue weighted by molar-refractivity contribution is 6.31. The van der Waals surface area contributed by atoms with Crippen molar-refractivity contribution in [2.24, 2.45) is 4.99 Å². The smallest absolute Gasteiger partial charge is 0.414 e. The van der Waals surface area contributed by atoms with Crippen molar-refractivity contribution >= 4 is 46.6 Å². The van der Waals surface area contributed by atoms with Gasteiger partial charge in [0.15, 0.2) is 0 Å². The summed E-state index contributed by atoms with van der Waals surface area (Å²) >= 11 is 6.03. The number of rotatable bonds is 3. The van der Waals surface area contributed by atoms with Crippen LogP contribution in [0.3, 0.4) is 0 Å². The molecule has 176 valence electrons. The van der Waals surface area contributed by atoms with Gasteiger partial charge in [0.2, 0.25) is 11.9 Å². The second kappa shape index (κ2) is 8.90. The average Bonchev–Trinajstić information content (AvgIpc) is 2.68. The van der Waals surface area contributed by atoms with E-state index in [1.165, 1.54) is 18.0 Å². The van der Waals surface area contributed by atoms with Crippen molar-refractivity contribution in [1.29, 1.82) is 0 Å². The summed E-state index contributed by atoms with van der Waals surface area (Å²) in [5, 5.41) is 5.93. The first kappa shape index (κ1) is 24.3. The third-order valence-corrected chi connectivity index (χ3v) is 5.26. The fraction of sp³-hybridized carbons (Fsp3) is 0.348. The SMILES string of the molecule is CN1C(=O)C[C@@](C)(c2ccc(F)c(Nc3cc(Cl)ccc3N)c2)N=C1NC(=O)OC(C)(C)C. The number of hydrogen-bond acceptors (Lipinski definition) is 6. The van der Waals surface area contributed by atoms with Crippen molar-refractivity contribution < 1.29 is 18.7 Å². The highest BCUT2D eigenvalue weighted by Crippen LogP contribution is 2.36. The van der Waals surface area contributed by atoms with Gasteiger partial charge in [0.25, 0.3) is 0 Å². The van der Waals surface area contributed by atoms with Crippen LogP contribution in [0.5, 0.6) is 0 Å². The molecule has 0 saturated heterocycles. The third kappa shape index (κ3) is 5.73. The second-order valence-corrected chi connectivity index (χ2v) is 9.45. The lowest BCUT2D eigenvalue weighted by molar-refractivity contribution is -0.128. The highest BCUT2D eigenvalue weighted by atomic mass is 35.5. The van der Waals surface area contributed by atoms with E-state index >= 15 is 0 Å². The number of carbonyl (C=O) groups excluding carboxylic acids is 2. The summed E-state index contributed by atoms with van der Waals surface area (Å²) in [5.74, 6) is -0.741. The number of benzene rings is 2. The van der Waals surface area contributed by atoms with Crippen molar-refractivity contribution in [2.45, 2.75) is 45.3 Å². The summed E-state index contributed by atoms with van der Waals surface area (Å²) in [6, 6.07) is 9.22. The molecular formula is C23H27ClFN5O3. The lowest BCUT2D eigenvalue weighted by Crippen LogP contribution is -2.52. The molecule has 1 atom stereocenters. The molecular weight excluding hydrogens is 449 g/mol. The standard InChI is InChI=1S/C23H27ClFN5O3/c1-22(2,3)33-21(32)28-20-29-23(4,12-19(31)30(20)5)13-6-8-15(25)17(10-13)27-18-11-14(24)7-9-16(18)26/h6-11,27H,12,26H2,1-5H3,(H,28,29,32)/t23-/m0/s1. The van der Waals surface area contributed by atoms with Crippen LogP contribution in [0, 0.1) is 5.82 Å². The largest absolute Gasteiger partial charge is 0.444 e. The van der Waals surface area contributed by atoms with Crippen molar-refractivity contribution in [3.63, 3.8) is 0 Å². The first-order valence-electron chi connectivity index (χ1n) is 10.3. The van der Waals surface area contributed by atoms with Crippen LogP contribution in [0.15, 0.2) is 41.4 Å². The van der Waals surface area contributed by atoms with Gasteiger partial charge in [-0.05, 0) is 63.6 Å².